The zero-order chi connectivity index (χ0) is 21.4. The van der Waals surface area contributed by atoms with E-state index in [0.717, 1.165) is 62.4 Å². The zero-order valence-electron chi connectivity index (χ0n) is 17.9. The number of carbonyl (C=O) groups excluding carboxylic acids is 1. The average molecular weight is 424 g/mol. The molecule has 2 aliphatic rings. The Kier molecular flexibility index (Phi) is 5.50. The molecule has 5 heterocycles. The molecule has 2 aliphatic heterocycles. The topological polar surface area (TPSA) is 87.1 Å². The average Bonchev–Trinajstić information content (AvgIpc) is 3.39. The molecule has 1 amide bonds. The van der Waals surface area contributed by atoms with Gasteiger partial charge in [0.25, 0.3) is 5.91 Å². The van der Waals surface area contributed by atoms with Crippen molar-refractivity contribution < 1.29 is 14.4 Å². The summed E-state index contributed by atoms with van der Waals surface area (Å²) in [4.78, 5) is 21.5. The number of imidazole rings is 1. The number of β-amino-alcohol motifs (C(OH)–C–C–N with tert-alkyl or cyclic N) is 1. The number of pyridine rings is 1. The van der Waals surface area contributed by atoms with Gasteiger partial charge in [0.1, 0.15) is 5.65 Å². The van der Waals surface area contributed by atoms with Crippen molar-refractivity contribution in [2.75, 3.05) is 26.2 Å². The van der Waals surface area contributed by atoms with Gasteiger partial charge in [-0.2, -0.15) is 0 Å². The minimum absolute atomic E-state index is 0.168. The monoisotopic (exact) mass is 423 g/mol. The normalized spacial score (nSPS) is 21.1. The number of fused-ring (bicyclic) bond motifs is 1. The fourth-order valence-corrected chi connectivity index (χ4v) is 4.83. The van der Waals surface area contributed by atoms with Crippen LogP contribution in [0.2, 0.25) is 0 Å². The van der Waals surface area contributed by atoms with Crippen LogP contribution in [0.15, 0.2) is 35.0 Å². The maximum Gasteiger partial charge on any atom is 0.292 e. The summed E-state index contributed by atoms with van der Waals surface area (Å²) in [5.74, 6) is 0.419. The van der Waals surface area contributed by atoms with Crippen LogP contribution in [0.25, 0.3) is 5.65 Å². The van der Waals surface area contributed by atoms with E-state index < -0.39 is 6.10 Å². The molecule has 0 saturated carbocycles. The van der Waals surface area contributed by atoms with Crippen LogP contribution in [0.4, 0.5) is 0 Å². The number of nitrogens with zero attached hydrogens (tertiary/aromatic N) is 5. The molecular weight excluding hydrogens is 394 g/mol. The summed E-state index contributed by atoms with van der Waals surface area (Å²) >= 11 is 0. The fraction of sp³-hybridized carbons (Fsp3) is 0.522. The van der Waals surface area contributed by atoms with E-state index in [2.05, 4.69) is 32.6 Å². The molecule has 0 bridgehead atoms. The summed E-state index contributed by atoms with van der Waals surface area (Å²) < 4.78 is 7.57. The van der Waals surface area contributed by atoms with Crippen molar-refractivity contribution in [3.8, 4) is 0 Å². The molecule has 0 spiro atoms. The minimum atomic E-state index is -0.444. The molecule has 2 saturated heterocycles. The molecule has 31 heavy (non-hydrogen) atoms. The van der Waals surface area contributed by atoms with Crippen molar-refractivity contribution in [2.24, 2.45) is 0 Å². The highest BCUT2D eigenvalue weighted by Gasteiger charge is 2.29. The van der Waals surface area contributed by atoms with Crippen molar-refractivity contribution in [1.82, 2.24) is 24.3 Å². The van der Waals surface area contributed by atoms with Gasteiger partial charge in [0.15, 0.2) is 0 Å². The van der Waals surface area contributed by atoms with Gasteiger partial charge in [-0.1, -0.05) is 11.2 Å². The van der Waals surface area contributed by atoms with Crippen LogP contribution < -0.4 is 0 Å². The Morgan fingerprint density at radius 2 is 2.06 bits per heavy atom. The number of aliphatic hydroxyl groups excluding tert-OH is 1. The number of piperidine rings is 2. The summed E-state index contributed by atoms with van der Waals surface area (Å²) in [6.45, 7) is 5.92. The summed E-state index contributed by atoms with van der Waals surface area (Å²) in [5.41, 5.74) is 4.18. The number of aryl methyl sites for hydroxylation is 1. The molecule has 0 aromatic carbocycles. The predicted octanol–water partition coefficient (Wildman–Crippen LogP) is 2.61. The van der Waals surface area contributed by atoms with E-state index in [0.29, 0.717) is 19.0 Å². The Bertz CT molecular complexity index is 1070. The van der Waals surface area contributed by atoms with Gasteiger partial charge in [-0.3, -0.25) is 9.69 Å². The Morgan fingerprint density at radius 3 is 2.87 bits per heavy atom. The van der Waals surface area contributed by atoms with Gasteiger partial charge in [-0.25, -0.2) is 4.98 Å². The Balaban J connectivity index is 1.20. The molecular formula is C23H29N5O3. The van der Waals surface area contributed by atoms with Gasteiger partial charge in [0.05, 0.1) is 23.2 Å². The molecule has 5 rings (SSSR count). The lowest BCUT2D eigenvalue weighted by Gasteiger charge is -2.31. The van der Waals surface area contributed by atoms with Crippen LogP contribution >= 0.6 is 0 Å². The van der Waals surface area contributed by atoms with E-state index in [1.165, 1.54) is 5.69 Å². The van der Waals surface area contributed by atoms with Crippen LogP contribution in [0, 0.1) is 6.92 Å². The lowest BCUT2D eigenvalue weighted by atomic mass is 9.93. The summed E-state index contributed by atoms with van der Waals surface area (Å²) in [6, 6.07) is 7.90. The van der Waals surface area contributed by atoms with Crippen molar-refractivity contribution in [3.05, 3.63) is 53.3 Å². The van der Waals surface area contributed by atoms with Crippen LogP contribution in [-0.4, -0.2) is 67.6 Å². The molecule has 3 aromatic heterocycles. The predicted molar refractivity (Wildman–Crippen MR) is 115 cm³/mol. The molecule has 8 heteroatoms. The standard InChI is InChI=1S/C23H29N5O3/c1-16-20(28-10-3-2-6-22(28)24-16)15-26-11-7-17(8-12-26)19-13-21(31-25-19)23(30)27-9-4-5-18(29)14-27/h2-3,6,10,13,17-18,29H,4-5,7-9,11-12,14-15H2,1H3/t18-/m0/s1. The third-order valence-corrected chi connectivity index (χ3v) is 6.63. The Morgan fingerprint density at radius 1 is 1.23 bits per heavy atom. The maximum atomic E-state index is 12.7. The second-order valence-electron chi connectivity index (χ2n) is 8.79. The van der Waals surface area contributed by atoms with Gasteiger partial charge in [-0.05, 0) is 57.8 Å². The molecule has 1 N–H and O–H groups in total. The summed E-state index contributed by atoms with van der Waals surface area (Å²) in [7, 11) is 0. The molecule has 164 valence electrons. The van der Waals surface area contributed by atoms with Gasteiger partial charge >= 0.3 is 0 Å². The molecule has 2 fully saturated rings. The van der Waals surface area contributed by atoms with E-state index in [1.54, 1.807) is 11.0 Å². The molecule has 1 atom stereocenters. The largest absolute Gasteiger partial charge is 0.391 e. The third-order valence-electron chi connectivity index (χ3n) is 6.63. The Labute approximate surface area is 181 Å². The highest BCUT2D eigenvalue weighted by atomic mass is 16.5. The SMILES string of the molecule is Cc1nc2ccccn2c1CN1CCC(c2cc(C(=O)N3CCC[C@H](O)C3)on2)CC1. The second-order valence-corrected chi connectivity index (χ2v) is 8.79. The molecule has 0 aliphatic carbocycles. The highest BCUT2D eigenvalue weighted by molar-refractivity contribution is 5.91. The van der Waals surface area contributed by atoms with Crippen LogP contribution in [-0.2, 0) is 6.54 Å². The summed E-state index contributed by atoms with van der Waals surface area (Å²) in [5, 5.41) is 14.0. The van der Waals surface area contributed by atoms with Gasteiger partial charge < -0.3 is 18.9 Å². The molecule has 0 radical (unpaired) electrons. The van der Waals surface area contributed by atoms with Crippen molar-refractivity contribution in [3.63, 3.8) is 0 Å². The van der Waals surface area contributed by atoms with Crippen molar-refractivity contribution in [2.45, 2.75) is 51.2 Å². The van der Waals surface area contributed by atoms with Crippen molar-refractivity contribution >= 4 is 11.6 Å². The third kappa shape index (κ3) is 4.09. The number of likely N-dealkylation sites (tertiary alicyclic amines) is 2. The second kappa shape index (κ2) is 8.43. The number of hydrogen-bond donors (Lipinski definition) is 1. The summed E-state index contributed by atoms with van der Waals surface area (Å²) in [6.07, 6.45) is 5.17. The van der Waals surface area contributed by atoms with E-state index in [4.69, 9.17) is 4.52 Å². The lowest BCUT2D eigenvalue weighted by molar-refractivity contribution is 0.0441. The van der Waals surface area contributed by atoms with Gasteiger partial charge in [-0.15, -0.1) is 0 Å². The first-order chi connectivity index (χ1) is 15.1. The highest BCUT2D eigenvalue weighted by Crippen LogP contribution is 2.29. The van der Waals surface area contributed by atoms with Gasteiger partial charge in [0, 0.05) is 37.8 Å². The minimum Gasteiger partial charge on any atom is -0.391 e. The molecule has 0 unspecified atom stereocenters. The fourth-order valence-electron chi connectivity index (χ4n) is 4.83. The zero-order valence-corrected chi connectivity index (χ0v) is 17.9. The van der Waals surface area contributed by atoms with E-state index in [9.17, 15) is 9.90 Å². The maximum absolute atomic E-state index is 12.7. The van der Waals surface area contributed by atoms with Crippen LogP contribution in [0.3, 0.4) is 0 Å². The first-order valence-corrected chi connectivity index (χ1v) is 11.2. The number of rotatable bonds is 4. The van der Waals surface area contributed by atoms with E-state index in [-0.39, 0.29) is 11.7 Å². The number of hydrogen-bond acceptors (Lipinski definition) is 6. The Hall–Kier alpha value is -2.71. The van der Waals surface area contributed by atoms with Crippen LogP contribution in [0.5, 0.6) is 0 Å². The first kappa shape index (κ1) is 20.2. The van der Waals surface area contributed by atoms with Crippen LogP contribution in [0.1, 0.15) is 59.2 Å². The smallest absolute Gasteiger partial charge is 0.292 e. The molecule has 3 aromatic rings. The lowest BCUT2D eigenvalue weighted by Crippen LogP contribution is -2.42. The quantitative estimate of drug-likeness (QED) is 0.694. The molecule has 8 nitrogen and oxygen atoms in total. The first-order valence-electron chi connectivity index (χ1n) is 11.2. The number of aromatic nitrogens is 3. The number of carbonyl (C=O) groups is 1. The van der Waals surface area contributed by atoms with Gasteiger partial charge in [0.2, 0.25) is 5.76 Å². The van der Waals surface area contributed by atoms with Crippen molar-refractivity contribution in [1.29, 1.82) is 0 Å². The number of amides is 1. The number of aliphatic hydroxyl groups is 1. The van der Waals surface area contributed by atoms with E-state index >= 15 is 0 Å². The van der Waals surface area contributed by atoms with E-state index in [1.807, 2.05) is 18.2 Å².